The molecule has 2 atom stereocenters. The van der Waals surface area contributed by atoms with Crippen molar-refractivity contribution in [1.82, 2.24) is 0 Å². The maximum atomic E-state index is 6.20. The van der Waals surface area contributed by atoms with Gasteiger partial charge in [-0.05, 0) is 37.5 Å². The third-order valence-electron chi connectivity index (χ3n) is 3.63. The Hall–Kier alpha value is 0.250. The average molecular weight is 217 g/mol. The van der Waals surface area contributed by atoms with Gasteiger partial charge in [0.25, 0.3) is 0 Å². The molecule has 82 valence electrons. The van der Waals surface area contributed by atoms with Crippen molar-refractivity contribution < 1.29 is 4.74 Å². The molecule has 1 heterocycles. The van der Waals surface area contributed by atoms with Crippen LogP contribution in [0.3, 0.4) is 0 Å². The van der Waals surface area contributed by atoms with Crippen molar-refractivity contribution in [2.24, 2.45) is 17.3 Å². The summed E-state index contributed by atoms with van der Waals surface area (Å²) < 4.78 is 5.90. The summed E-state index contributed by atoms with van der Waals surface area (Å²) in [4.78, 5) is 0. The van der Waals surface area contributed by atoms with Crippen LogP contribution in [0.2, 0.25) is 0 Å². The van der Waals surface area contributed by atoms with Gasteiger partial charge >= 0.3 is 0 Å². The first kappa shape index (κ1) is 10.8. The van der Waals surface area contributed by atoms with Gasteiger partial charge in [-0.1, -0.05) is 13.8 Å². The zero-order chi connectivity index (χ0) is 10.2. The van der Waals surface area contributed by atoms with Gasteiger partial charge in [-0.2, -0.15) is 0 Å². The Labute approximate surface area is 92.2 Å². The van der Waals surface area contributed by atoms with Gasteiger partial charge in [-0.15, -0.1) is 11.6 Å². The van der Waals surface area contributed by atoms with Crippen molar-refractivity contribution in [2.45, 2.75) is 45.6 Å². The van der Waals surface area contributed by atoms with E-state index in [1.54, 1.807) is 0 Å². The third-order valence-corrected chi connectivity index (χ3v) is 4.16. The largest absolute Gasteiger partial charge is 0.377 e. The summed E-state index contributed by atoms with van der Waals surface area (Å²) in [5.74, 6) is 2.35. The molecule has 1 nitrogen and oxygen atoms in total. The molecule has 1 aliphatic heterocycles. The van der Waals surface area contributed by atoms with Crippen LogP contribution >= 0.6 is 11.6 Å². The molecule has 0 amide bonds. The number of hydrogen-bond donors (Lipinski definition) is 0. The van der Waals surface area contributed by atoms with Crippen LogP contribution in [-0.4, -0.2) is 18.6 Å². The summed E-state index contributed by atoms with van der Waals surface area (Å²) in [5.41, 5.74) is 0.302. The minimum atomic E-state index is 0.302. The standard InChI is InChI=1S/C12H21ClO/c1-9(2)7-12(8-13)5-6-14-11(12)10-3-4-10/h9-11H,3-8H2,1-2H3. The monoisotopic (exact) mass is 216 g/mol. The molecule has 0 spiro atoms. The molecule has 2 unspecified atom stereocenters. The fourth-order valence-corrected chi connectivity index (χ4v) is 3.37. The first-order valence-corrected chi connectivity index (χ1v) is 6.39. The Morgan fingerprint density at radius 1 is 1.43 bits per heavy atom. The summed E-state index contributed by atoms with van der Waals surface area (Å²) in [6, 6.07) is 0. The van der Waals surface area contributed by atoms with Crippen LogP contribution in [0.15, 0.2) is 0 Å². The highest BCUT2D eigenvalue weighted by molar-refractivity contribution is 6.18. The maximum absolute atomic E-state index is 6.20. The summed E-state index contributed by atoms with van der Waals surface area (Å²) in [6.07, 6.45) is 5.61. The van der Waals surface area contributed by atoms with Gasteiger partial charge in [-0.25, -0.2) is 0 Å². The zero-order valence-corrected chi connectivity index (χ0v) is 10.0. The van der Waals surface area contributed by atoms with Crippen LogP contribution in [0.1, 0.15) is 39.5 Å². The van der Waals surface area contributed by atoms with E-state index in [1.165, 1.54) is 25.7 Å². The number of alkyl halides is 1. The predicted molar refractivity (Wildman–Crippen MR) is 59.7 cm³/mol. The van der Waals surface area contributed by atoms with Crippen molar-refractivity contribution in [3.05, 3.63) is 0 Å². The molecule has 2 heteroatoms. The van der Waals surface area contributed by atoms with Crippen LogP contribution < -0.4 is 0 Å². The third kappa shape index (κ3) is 1.94. The van der Waals surface area contributed by atoms with Crippen LogP contribution in [0.5, 0.6) is 0 Å². The molecule has 2 rings (SSSR count). The SMILES string of the molecule is CC(C)CC1(CCl)CCOC1C1CC1. The number of rotatable bonds is 4. The summed E-state index contributed by atoms with van der Waals surface area (Å²) in [5, 5.41) is 0. The molecule has 2 fully saturated rings. The van der Waals surface area contributed by atoms with Gasteiger partial charge in [-0.3, -0.25) is 0 Å². The molecule has 14 heavy (non-hydrogen) atoms. The molecular formula is C12H21ClO. The first-order chi connectivity index (χ1) is 6.68. The maximum Gasteiger partial charge on any atom is 0.0671 e. The highest BCUT2D eigenvalue weighted by Crippen LogP contribution is 2.51. The number of hydrogen-bond acceptors (Lipinski definition) is 1. The second kappa shape index (κ2) is 4.02. The van der Waals surface area contributed by atoms with E-state index in [0.29, 0.717) is 11.5 Å². The lowest BCUT2D eigenvalue weighted by Gasteiger charge is -2.34. The van der Waals surface area contributed by atoms with E-state index < -0.39 is 0 Å². The van der Waals surface area contributed by atoms with E-state index >= 15 is 0 Å². The minimum Gasteiger partial charge on any atom is -0.377 e. The smallest absolute Gasteiger partial charge is 0.0671 e. The highest BCUT2D eigenvalue weighted by atomic mass is 35.5. The fourth-order valence-electron chi connectivity index (χ4n) is 2.97. The first-order valence-electron chi connectivity index (χ1n) is 5.85. The number of ether oxygens (including phenoxy) is 1. The van der Waals surface area contributed by atoms with Gasteiger partial charge in [0.05, 0.1) is 6.10 Å². The Balaban J connectivity index is 2.07. The lowest BCUT2D eigenvalue weighted by atomic mass is 9.74. The summed E-state index contributed by atoms with van der Waals surface area (Å²) in [7, 11) is 0. The molecule has 0 aromatic carbocycles. The van der Waals surface area contributed by atoms with Gasteiger partial charge in [0.15, 0.2) is 0 Å². The lowest BCUT2D eigenvalue weighted by Crippen LogP contribution is -2.35. The normalized spacial score (nSPS) is 38.1. The van der Waals surface area contributed by atoms with Crippen LogP contribution in [-0.2, 0) is 4.74 Å². The van der Waals surface area contributed by atoms with Crippen LogP contribution in [0, 0.1) is 17.3 Å². The van der Waals surface area contributed by atoms with E-state index in [-0.39, 0.29) is 0 Å². The lowest BCUT2D eigenvalue weighted by molar-refractivity contribution is 0.0313. The molecular weight excluding hydrogens is 196 g/mol. The van der Waals surface area contributed by atoms with E-state index in [4.69, 9.17) is 16.3 Å². The van der Waals surface area contributed by atoms with Gasteiger partial charge in [0.2, 0.25) is 0 Å². The average Bonchev–Trinajstić information content (AvgIpc) is 2.89. The molecule has 2 aliphatic rings. The fraction of sp³-hybridized carbons (Fsp3) is 1.00. The van der Waals surface area contributed by atoms with Crippen molar-refractivity contribution in [3.8, 4) is 0 Å². The second-order valence-corrected chi connectivity index (χ2v) is 5.74. The van der Waals surface area contributed by atoms with Crippen molar-refractivity contribution in [2.75, 3.05) is 12.5 Å². The Morgan fingerprint density at radius 3 is 2.64 bits per heavy atom. The van der Waals surface area contributed by atoms with Crippen LogP contribution in [0.4, 0.5) is 0 Å². The Morgan fingerprint density at radius 2 is 2.14 bits per heavy atom. The molecule has 0 aromatic heterocycles. The van der Waals surface area contributed by atoms with Gasteiger partial charge in [0.1, 0.15) is 0 Å². The Bertz CT molecular complexity index is 200. The zero-order valence-electron chi connectivity index (χ0n) is 9.26. The van der Waals surface area contributed by atoms with E-state index in [9.17, 15) is 0 Å². The Kier molecular flexibility index (Phi) is 3.09. The molecule has 0 aromatic rings. The highest BCUT2D eigenvalue weighted by Gasteiger charge is 2.50. The molecule has 0 radical (unpaired) electrons. The predicted octanol–water partition coefficient (Wildman–Crippen LogP) is 3.46. The van der Waals surface area contributed by atoms with E-state index in [2.05, 4.69) is 13.8 Å². The second-order valence-electron chi connectivity index (χ2n) is 5.47. The molecule has 1 saturated carbocycles. The van der Waals surface area contributed by atoms with Gasteiger partial charge < -0.3 is 4.74 Å². The summed E-state index contributed by atoms with van der Waals surface area (Å²) >= 11 is 6.20. The molecule has 1 aliphatic carbocycles. The van der Waals surface area contributed by atoms with Crippen LogP contribution in [0.25, 0.3) is 0 Å². The molecule has 1 saturated heterocycles. The minimum absolute atomic E-state index is 0.302. The quantitative estimate of drug-likeness (QED) is 0.654. The number of halogens is 1. The topological polar surface area (TPSA) is 9.23 Å². The van der Waals surface area contributed by atoms with Crippen molar-refractivity contribution in [1.29, 1.82) is 0 Å². The summed E-state index contributed by atoms with van der Waals surface area (Å²) in [6.45, 7) is 5.51. The van der Waals surface area contributed by atoms with Crippen molar-refractivity contribution in [3.63, 3.8) is 0 Å². The van der Waals surface area contributed by atoms with E-state index in [0.717, 1.165) is 24.3 Å². The van der Waals surface area contributed by atoms with Crippen molar-refractivity contribution >= 4 is 11.6 Å². The van der Waals surface area contributed by atoms with Gasteiger partial charge in [0, 0.05) is 17.9 Å². The molecule has 0 N–H and O–H groups in total. The molecule has 0 bridgehead atoms. The van der Waals surface area contributed by atoms with E-state index in [1.807, 2.05) is 0 Å².